The van der Waals surface area contributed by atoms with E-state index in [9.17, 15) is 0 Å². The zero-order valence-corrected chi connectivity index (χ0v) is 9.08. The van der Waals surface area contributed by atoms with Gasteiger partial charge in [0.25, 0.3) is 0 Å². The van der Waals surface area contributed by atoms with Crippen LogP contribution in [0.1, 0.15) is 19.3 Å². The van der Waals surface area contributed by atoms with Crippen LogP contribution in [0, 0.1) is 0 Å². The molecule has 0 aliphatic carbocycles. The SMILES string of the molecule is ClC/C=C\C=C\COC1CCCCO1. The van der Waals surface area contributed by atoms with Crippen LogP contribution in [-0.2, 0) is 9.47 Å². The molecule has 0 bridgehead atoms. The summed E-state index contributed by atoms with van der Waals surface area (Å²) < 4.78 is 10.9. The fraction of sp³-hybridized carbons (Fsp3) is 0.636. The molecule has 0 spiro atoms. The van der Waals surface area contributed by atoms with E-state index in [2.05, 4.69) is 0 Å². The van der Waals surface area contributed by atoms with Crippen molar-refractivity contribution in [1.29, 1.82) is 0 Å². The number of ether oxygens (including phenoxy) is 2. The molecule has 0 aromatic rings. The predicted molar refractivity (Wildman–Crippen MR) is 58.5 cm³/mol. The van der Waals surface area contributed by atoms with Gasteiger partial charge in [-0.2, -0.15) is 0 Å². The van der Waals surface area contributed by atoms with Crippen molar-refractivity contribution >= 4 is 11.6 Å². The first-order valence-electron chi connectivity index (χ1n) is 5.04. The predicted octanol–water partition coefficient (Wildman–Crippen LogP) is 2.88. The Morgan fingerprint density at radius 2 is 2.14 bits per heavy atom. The molecule has 3 heteroatoms. The molecule has 1 aliphatic heterocycles. The van der Waals surface area contributed by atoms with Crippen LogP contribution in [0.4, 0.5) is 0 Å². The molecule has 1 fully saturated rings. The lowest BCUT2D eigenvalue weighted by Gasteiger charge is -2.21. The molecule has 0 aromatic carbocycles. The van der Waals surface area contributed by atoms with Gasteiger partial charge in [0.2, 0.25) is 0 Å². The highest BCUT2D eigenvalue weighted by molar-refractivity contribution is 6.18. The van der Waals surface area contributed by atoms with Crippen LogP contribution in [0.25, 0.3) is 0 Å². The quantitative estimate of drug-likeness (QED) is 0.520. The minimum absolute atomic E-state index is 0.00501. The van der Waals surface area contributed by atoms with E-state index in [0.717, 1.165) is 19.4 Å². The molecule has 80 valence electrons. The average Bonchev–Trinajstić information content (AvgIpc) is 2.25. The molecule has 14 heavy (non-hydrogen) atoms. The van der Waals surface area contributed by atoms with Crippen LogP contribution >= 0.6 is 11.6 Å². The van der Waals surface area contributed by atoms with Gasteiger partial charge in [-0.3, -0.25) is 0 Å². The number of allylic oxidation sites excluding steroid dienone is 3. The van der Waals surface area contributed by atoms with E-state index in [1.165, 1.54) is 6.42 Å². The van der Waals surface area contributed by atoms with Gasteiger partial charge in [-0.1, -0.05) is 24.3 Å². The molecule has 0 radical (unpaired) electrons. The highest BCUT2D eigenvalue weighted by Crippen LogP contribution is 2.13. The van der Waals surface area contributed by atoms with Gasteiger partial charge in [0.1, 0.15) is 0 Å². The largest absolute Gasteiger partial charge is 0.353 e. The standard InChI is InChI=1S/C11H17ClO2/c12-8-4-1-2-5-9-13-11-7-3-6-10-14-11/h1-2,4-5,11H,3,6-10H2/b4-1-,5-2+. The molecule has 1 aliphatic rings. The van der Waals surface area contributed by atoms with Crippen molar-refractivity contribution in [2.75, 3.05) is 19.1 Å². The number of hydrogen-bond donors (Lipinski definition) is 0. The summed E-state index contributed by atoms with van der Waals surface area (Å²) in [6.07, 6.45) is 11.1. The minimum atomic E-state index is 0.00501. The van der Waals surface area contributed by atoms with E-state index < -0.39 is 0 Å². The molecule has 1 atom stereocenters. The van der Waals surface area contributed by atoms with Crippen LogP contribution in [0.5, 0.6) is 0 Å². The third-order valence-corrected chi connectivity index (χ3v) is 2.17. The minimum Gasteiger partial charge on any atom is -0.353 e. The van der Waals surface area contributed by atoms with Crippen LogP contribution in [-0.4, -0.2) is 25.4 Å². The monoisotopic (exact) mass is 216 g/mol. The van der Waals surface area contributed by atoms with Crippen molar-refractivity contribution in [3.63, 3.8) is 0 Å². The Hall–Kier alpha value is -0.310. The molecule has 0 saturated carbocycles. The first-order valence-corrected chi connectivity index (χ1v) is 5.58. The Kier molecular flexibility index (Phi) is 6.75. The third kappa shape index (κ3) is 5.43. The van der Waals surface area contributed by atoms with E-state index in [4.69, 9.17) is 21.1 Å². The zero-order valence-electron chi connectivity index (χ0n) is 8.32. The van der Waals surface area contributed by atoms with E-state index >= 15 is 0 Å². The Balaban J connectivity index is 2.02. The summed E-state index contributed by atoms with van der Waals surface area (Å²) in [7, 11) is 0. The molecule has 2 nitrogen and oxygen atoms in total. The van der Waals surface area contributed by atoms with Crippen molar-refractivity contribution in [2.45, 2.75) is 25.6 Å². The fourth-order valence-electron chi connectivity index (χ4n) is 1.27. The lowest BCUT2D eigenvalue weighted by atomic mass is 10.2. The first kappa shape index (κ1) is 11.8. The van der Waals surface area contributed by atoms with Gasteiger partial charge in [0, 0.05) is 12.5 Å². The number of rotatable bonds is 5. The highest BCUT2D eigenvalue weighted by Gasteiger charge is 2.12. The molecule has 1 rings (SSSR count). The van der Waals surface area contributed by atoms with E-state index in [-0.39, 0.29) is 6.29 Å². The fourth-order valence-corrected chi connectivity index (χ4v) is 1.37. The van der Waals surface area contributed by atoms with Crippen molar-refractivity contribution in [3.8, 4) is 0 Å². The van der Waals surface area contributed by atoms with Gasteiger partial charge >= 0.3 is 0 Å². The van der Waals surface area contributed by atoms with Crippen molar-refractivity contribution in [1.82, 2.24) is 0 Å². The summed E-state index contributed by atoms with van der Waals surface area (Å²) in [4.78, 5) is 0. The molecule has 1 unspecified atom stereocenters. The Bertz CT molecular complexity index is 184. The summed E-state index contributed by atoms with van der Waals surface area (Å²) in [6, 6.07) is 0. The smallest absolute Gasteiger partial charge is 0.157 e. The Morgan fingerprint density at radius 3 is 2.86 bits per heavy atom. The van der Waals surface area contributed by atoms with Gasteiger partial charge in [-0.15, -0.1) is 11.6 Å². The Labute approximate surface area is 90.5 Å². The van der Waals surface area contributed by atoms with Gasteiger partial charge in [0.15, 0.2) is 6.29 Å². The highest BCUT2D eigenvalue weighted by atomic mass is 35.5. The molecular formula is C11H17ClO2. The number of alkyl halides is 1. The Morgan fingerprint density at radius 1 is 1.29 bits per heavy atom. The van der Waals surface area contributed by atoms with Gasteiger partial charge in [-0.05, 0) is 19.3 Å². The maximum Gasteiger partial charge on any atom is 0.157 e. The van der Waals surface area contributed by atoms with Gasteiger partial charge < -0.3 is 9.47 Å². The average molecular weight is 217 g/mol. The summed E-state index contributed by atoms with van der Waals surface area (Å²) in [5.74, 6) is 0.553. The van der Waals surface area contributed by atoms with E-state index in [1.54, 1.807) is 0 Å². The second-order valence-electron chi connectivity index (χ2n) is 3.14. The van der Waals surface area contributed by atoms with Crippen LogP contribution < -0.4 is 0 Å². The molecule has 0 N–H and O–H groups in total. The summed E-state index contributed by atoms with van der Waals surface area (Å²) in [5.41, 5.74) is 0. The first-order chi connectivity index (χ1) is 6.93. The van der Waals surface area contributed by atoms with Crippen molar-refractivity contribution in [3.05, 3.63) is 24.3 Å². The summed E-state index contributed by atoms with van der Waals surface area (Å²) in [6.45, 7) is 1.44. The topological polar surface area (TPSA) is 18.5 Å². The maximum absolute atomic E-state index is 5.49. The third-order valence-electron chi connectivity index (χ3n) is 1.99. The lowest BCUT2D eigenvalue weighted by Crippen LogP contribution is -2.22. The summed E-state index contributed by atoms with van der Waals surface area (Å²) >= 11 is 5.46. The molecule has 0 amide bonds. The van der Waals surface area contributed by atoms with Gasteiger partial charge in [-0.25, -0.2) is 0 Å². The molecule has 1 saturated heterocycles. The van der Waals surface area contributed by atoms with Crippen molar-refractivity contribution < 1.29 is 9.47 Å². The van der Waals surface area contributed by atoms with Crippen molar-refractivity contribution in [2.24, 2.45) is 0 Å². The molecule has 1 heterocycles. The zero-order chi connectivity index (χ0) is 10.1. The number of hydrogen-bond acceptors (Lipinski definition) is 2. The van der Waals surface area contributed by atoms with Crippen LogP contribution in [0.15, 0.2) is 24.3 Å². The second-order valence-corrected chi connectivity index (χ2v) is 3.45. The lowest BCUT2D eigenvalue weighted by molar-refractivity contribution is -0.155. The van der Waals surface area contributed by atoms with E-state index in [1.807, 2.05) is 24.3 Å². The summed E-state index contributed by atoms with van der Waals surface area (Å²) in [5, 5.41) is 0. The molecule has 0 aromatic heterocycles. The normalized spacial score (nSPS) is 23.6. The maximum atomic E-state index is 5.49. The van der Waals surface area contributed by atoms with Crippen LogP contribution in [0.2, 0.25) is 0 Å². The second kappa shape index (κ2) is 8.04. The number of halogens is 1. The van der Waals surface area contributed by atoms with Crippen LogP contribution in [0.3, 0.4) is 0 Å². The van der Waals surface area contributed by atoms with Gasteiger partial charge in [0.05, 0.1) is 6.61 Å². The molecular weight excluding hydrogens is 200 g/mol. The van der Waals surface area contributed by atoms with E-state index in [0.29, 0.717) is 12.5 Å².